The molecular weight excluding hydrogens is 234 g/mol. The third-order valence-corrected chi connectivity index (χ3v) is 3.09. The molecule has 1 aliphatic heterocycles. The summed E-state index contributed by atoms with van der Waals surface area (Å²) in [6, 6.07) is 0. The van der Waals surface area contributed by atoms with Crippen LogP contribution in [0.25, 0.3) is 0 Å². The lowest BCUT2D eigenvalue weighted by Crippen LogP contribution is -2.45. The normalized spacial score (nSPS) is 22.3. The fourth-order valence-corrected chi connectivity index (χ4v) is 2.25. The second-order valence-electron chi connectivity index (χ2n) is 3.39. The van der Waals surface area contributed by atoms with E-state index in [2.05, 4.69) is 9.88 Å². The lowest BCUT2D eigenvalue weighted by Gasteiger charge is -2.31. The average Bonchev–Trinajstić information content (AvgIpc) is 2.71. The molecule has 1 aromatic rings. The minimum absolute atomic E-state index is 0. The van der Waals surface area contributed by atoms with Gasteiger partial charge in [0.15, 0.2) is 0 Å². The highest BCUT2D eigenvalue weighted by atomic mass is 35.5. The SMILES string of the molecule is Cl.NCC1CN(Cc2nccs2)CCO1. The Labute approximate surface area is 99.8 Å². The van der Waals surface area contributed by atoms with Gasteiger partial charge in [0.2, 0.25) is 0 Å². The number of morpholine rings is 1. The lowest BCUT2D eigenvalue weighted by atomic mass is 10.3. The Bertz CT molecular complexity index is 270. The quantitative estimate of drug-likeness (QED) is 0.858. The van der Waals surface area contributed by atoms with Crippen LogP contribution in [0.3, 0.4) is 0 Å². The number of nitrogens with two attached hydrogens (primary N) is 1. The van der Waals surface area contributed by atoms with Gasteiger partial charge in [-0.05, 0) is 0 Å². The first-order valence-electron chi connectivity index (χ1n) is 4.81. The largest absolute Gasteiger partial charge is 0.374 e. The summed E-state index contributed by atoms with van der Waals surface area (Å²) in [5, 5.41) is 3.18. The maximum atomic E-state index is 5.57. The average molecular weight is 250 g/mol. The van der Waals surface area contributed by atoms with Crippen molar-refractivity contribution >= 4 is 23.7 Å². The highest BCUT2D eigenvalue weighted by Gasteiger charge is 2.19. The number of hydrogen-bond acceptors (Lipinski definition) is 5. The van der Waals surface area contributed by atoms with Gasteiger partial charge >= 0.3 is 0 Å². The molecule has 0 spiro atoms. The van der Waals surface area contributed by atoms with E-state index in [1.807, 2.05) is 11.6 Å². The zero-order valence-corrected chi connectivity index (χ0v) is 10.1. The molecule has 0 bridgehead atoms. The molecule has 0 radical (unpaired) electrons. The fourth-order valence-electron chi connectivity index (χ4n) is 1.59. The summed E-state index contributed by atoms with van der Waals surface area (Å²) in [7, 11) is 0. The van der Waals surface area contributed by atoms with Crippen LogP contribution in [0.15, 0.2) is 11.6 Å². The number of nitrogens with zero attached hydrogens (tertiary/aromatic N) is 2. The van der Waals surface area contributed by atoms with Crippen LogP contribution < -0.4 is 5.73 Å². The van der Waals surface area contributed by atoms with Gasteiger partial charge in [0.05, 0.1) is 19.3 Å². The Morgan fingerprint density at radius 2 is 2.53 bits per heavy atom. The molecule has 0 aromatic carbocycles. The van der Waals surface area contributed by atoms with Crippen LogP contribution >= 0.6 is 23.7 Å². The second kappa shape index (κ2) is 6.40. The van der Waals surface area contributed by atoms with Gasteiger partial charge in [0.25, 0.3) is 0 Å². The van der Waals surface area contributed by atoms with Crippen molar-refractivity contribution in [1.29, 1.82) is 0 Å². The van der Waals surface area contributed by atoms with Crippen LogP contribution in [-0.2, 0) is 11.3 Å². The van der Waals surface area contributed by atoms with Gasteiger partial charge in [-0.2, -0.15) is 0 Å². The van der Waals surface area contributed by atoms with Crippen LogP contribution in [0.5, 0.6) is 0 Å². The van der Waals surface area contributed by atoms with Crippen LogP contribution in [0.2, 0.25) is 0 Å². The number of halogens is 1. The van der Waals surface area contributed by atoms with Gasteiger partial charge in [-0.15, -0.1) is 23.7 Å². The van der Waals surface area contributed by atoms with Gasteiger partial charge < -0.3 is 10.5 Å². The Morgan fingerprint density at radius 1 is 1.67 bits per heavy atom. The first-order valence-corrected chi connectivity index (χ1v) is 5.69. The number of hydrogen-bond donors (Lipinski definition) is 1. The van der Waals surface area contributed by atoms with Crippen molar-refractivity contribution in [1.82, 2.24) is 9.88 Å². The molecule has 1 aliphatic rings. The number of aromatic nitrogens is 1. The molecule has 86 valence electrons. The third kappa shape index (κ3) is 3.70. The molecular formula is C9H16ClN3OS. The van der Waals surface area contributed by atoms with Crippen LogP contribution in [0.1, 0.15) is 5.01 Å². The Morgan fingerprint density at radius 3 is 3.20 bits per heavy atom. The van der Waals surface area contributed by atoms with Crippen molar-refractivity contribution in [3.8, 4) is 0 Å². The summed E-state index contributed by atoms with van der Waals surface area (Å²) >= 11 is 1.70. The Kier molecular flexibility index (Phi) is 5.49. The van der Waals surface area contributed by atoms with E-state index < -0.39 is 0 Å². The van der Waals surface area contributed by atoms with Crippen molar-refractivity contribution in [3.05, 3.63) is 16.6 Å². The minimum atomic E-state index is 0. The maximum Gasteiger partial charge on any atom is 0.107 e. The molecule has 1 atom stereocenters. The van der Waals surface area contributed by atoms with E-state index >= 15 is 0 Å². The smallest absolute Gasteiger partial charge is 0.107 e. The van der Waals surface area contributed by atoms with E-state index in [1.165, 1.54) is 5.01 Å². The van der Waals surface area contributed by atoms with Crippen molar-refractivity contribution < 1.29 is 4.74 Å². The number of rotatable bonds is 3. The van der Waals surface area contributed by atoms with Crippen molar-refractivity contribution in [2.45, 2.75) is 12.6 Å². The summed E-state index contributed by atoms with van der Waals surface area (Å²) in [4.78, 5) is 6.61. The van der Waals surface area contributed by atoms with Gasteiger partial charge in [-0.1, -0.05) is 0 Å². The van der Waals surface area contributed by atoms with Crippen LogP contribution in [-0.4, -0.2) is 42.2 Å². The first kappa shape index (κ1) is 12.9. The van der Waals surface area contributed by atoms with Gasteiger partial charge in [0, 0.05) is 31.2 Å². The predicted molar refractivity (Wildman–Crippen MR) is 63.4 cm³/mol. The van der Waals surface area contributed by atoms with E-state index in [0.29, 0.717) is 6.54 Å². The van der Waals surface area contributed by atoms with E-state index in [-0.39, 0.29) is 18.5 Å². The Hall–Kier alpha value is -0.200. The molecule has 2 rings (SSSR count). The van der Waals surface area contributed by atoms with Crippen molar-refractivity contribution in [2.75, 3.05) is 26.2 Å². The lowest BCUT2D eigenvalue weighted by molar-refractivity contribution is -0.0260. The zero-order valence-electron chi connectivity index (χ0n) is 8.46. The first-order chi connectivity index (χ1) is 6.88. The van der Waals surface area contributed by atoms with E-state index in [4.69, 9.17) is 10.5 Å². The zero-order chi connectivity index (χ0) is 9.80. The highest BCUT2D eigenvalue weighted by Crippen LogP contribution is 2.11. The topological polar surface area (TPSA) is 51.4 Å². The predicted octanol–water partition coefficient (Wildman–Crippen LogP) is 0.724. The summed E-state index contributed by atoms with van der Waals surface area (Å²) in [5.41, 5.74) is 5.57. The molecule has 0 saturated carbocycles. The van der Waals surface area contributed by atoms with E-state index in [1.54, 1.807) is 11.3 Å². The van der Waals surface area contributed by atoms with Crippen molar-refractivity contribution in [3.63, 3.8) is 0 Å². The molecule has 6 heteroatoms. The van der Waals surface area contributed by atoms with Crippen molar-refractivity contribution in [2.24, 2.45) is 5.73 Å². The summed E-state index contributed by atoms with van der Waals surface area (Å²) in [6.45, 7) is 4.23. The molecule has 2 N–H and O–H groups in total. The molecule has 2 heterocycles. The maximum absolute atomic E-state index is 5.57. The molecule has 15 heavy (non-hydrogen) atoms. The molecule has 1 aromatic heterocycles. The fraction of sp³-hybridized carbons (Fsp3) is 0.667. The summed E-state index contributed by atoms with van der Waals surface area (Å²) < 4.78 is 5.49. The number of thiazole rings is 1. The molecule has 1 saturated heterocycles. The van der Waals surface area contributed by atoms with E-state index in [9.17, 15) is 0 Å². The third-order valence-electron chi connectivity index (χ3n) is 2.33. The minimum Gasteiger partial charge on any atom is -0.374 e. The highest BCUT2D eigenvalue weighted by molar-refractivity contribution is 7.09. The molecule has 1 fully saturated rings. The van der Waals surface area contributed by atoms with Gasteiger partial charge in [-0.3, -0.25) is 4.90 Å². The Balaban J connectivity index is 0.00000112. The molecule has 0 aliphatic carbocycles. The molecule has 4 nitrogen and oxygen atoms in total. The van der Waals surface area contributed by atoms with Gasteiger partial charge in [-0.25, -0.2) is 4.98 Å². The van der Waals surface area contributed by atoms with E-state index in [0.717, 1.165) is 26.2 Å². The van der Waals surface area contributed by atoms with Crippen LogP contribution in [0.4, 0.5) is 0 Å². The monoisotopic (exact) mass is 249 g/mol. The summed E-state index contributed by atoms with van der Waals surface area (Å²) in [6.07, 6.45) is 2.05. The summed E-state index contributed by atoms with van der Waals surface area (Å²) in [5.74, 6) is 0. The standard InChI is InChI=1S/C9H15N3OS.ClH/c10-5-8-6-12(2-3-13-8)7-9-11-1-4-14-9;/h1,4,8H,2-3,5-7,10H2;1H. The second-order valence-corrected chi connectivity index (χ2v) is 4.37. The number of ether oxygens (including phenoxy) is 1. The van der Waals surface area contributed by atoms with Gasteiger partial charge in [0.1, 0.15) is 5.01 Å². The molecule has 1 unspecified atom stereocenters. The molecule has 0 amide bonds. The van der Waals surface area contributed by atoms with Crippen LogP contribution in [0, 0.1) is 0 Å².